The molecule has 0 radical (unpaired) electrons. The summed E-state index contributed by atoms with van der Waals surface area (Å²) in [6.07, 6.45) is 3.52. The highest BCUT2D eigenvalue weighted by molar-refractivity contribution is 5.55. The maximum atomic E-state index is 11.0. The first-order valence-electron chi connectivity index (χ1n) is 6.73. The van der Waals surface area contributed by atoms with Crippen molar-refractivity contribution in [1.82, 2.24) is 4.98 Å². The minimum Gasteiger partial charge on any atom is -0.373 e. The lowest BCUT2D eigenvalue weighted by Crippen LogP contribution is -2.27. The van der Waals surface area contributed by atoms with E-state index in [1.807, 2.05) is 0 Å². The van der Waals surface area contributed by atoms with E-state index in [2.05, 4.69) is 22.1 Å². The van der Waals surface area contributed by atoms with Crippen LogP contribution in [0.4, 0.5) is 17.3 Å². The average molecular weight is 264 g/mol. The Morgan fingerprint density at radius 2 is 2.26 bits per heavy atom. The van der Waals surface area contributed by atoms with Crippen molar-refractivity contribution in [2.75, 3.05) is 30.4 Å². The van der Waals surface area contributed by atoms with Gasteiger partial charge in [-0.1, -0.05) is 6.92 Å². The second kappa shape index (κ2) is 5.86. The molecule has 0 saturated heterocycles. The third-order valence-corrected chi connectivity index (χ3v) is 3.26. The molecule has 1 N–H and O–H groups in total. The van der Waals surface area contributed by atoms with Gasteiger partial charge < -0.3 is 10.2 Å². The molecule has 6 nitrogen and oxygen atoms in total. The van der Waals surface area contributed by atoms with Gasteiger partial charge in [-0.15, -0.1) is 0 Å². The normalized spacial score (nSPS) is 14.2. The quantitative estimate of drug-likeness (QED) is 0.605. The molecule has 2 rings (SSSR count). The van der Waals surface area contributed by atoms with E-state index in [0.717, 1.165) is 25.4 Å². The summed E-state index contributed by atoms with van der Waals surface area (Å²) in [5.41, 5.74) is 0.0891. The van der Waals surface area contributed by atoms with E-state index in [1.165, 1.54) is 18.9 Å². The smallest absolute Gasteiger partial charge is 0.276 e. The minimum atomic E-state index is -0.368. The Bertz CT molecular complexity index is 460. The van der Waals surface area contributed by atoms with Gasteiger partial charge in [0.15, 0.2) is 0 Å². The highest BCUT2D eigenvalue weighted by Gasteiger charge is 2.25. The van der Waals surface area contributed by atoms with Crippen molar-refractivity contribution < 1.29 is 4.92 Å². The Morgan fingerprint density at radius 1 is 1.53 bits per heavy atom. The zero-order chi connectivity index (χ0) is 13.8. The zero-order valence-electron chi connectivity index (χ0n) is 11.4. The minimum absolute atomic E-state index is 0.0891. The van der Waals surface area contributed by atoms with Crippen LogP contribution in [-0.2, 0) is 0 Å². The molecule has 1 aliphatic carbocycles. The standard InChI is InChI=1S/C13H20N4O2/c1-3-6-16(9-10-4-5-10)13-8-11(17(18)19)7-12(14-2)15-13/h7-8,10H,3-6,9H2,1-2H3,(H,14,15). The first-order valence-corrected chi connectivity index (χ1v) is 6.73. The molecule has 1 saturated carbocycles. The van der Waals surface area contributed by atoms with Crippen LogP contribution >= 0.6 is 0 Å². The molecule has 1 fully saturated rings. The van der Waals surface area contributed by atoms with Gasteiger partial charge in [-0.05, 0) is 25.2 Å². The van der Waals surface area contributed by atoms with E-state index >= 15 is 0 Å². The summed E-state index contributed by atoms with van der Waals surface area (Å²) < 4.78 is 0. The summed E-state index contributed by atoms with van der Waals surface area (Å²) in [6.45, 7) is 3.94. The molecular weight excluding hydrogens is 244 g/mol. The summed E-state index contributed by atoms with van der Waals surface area (Å²) in [5.74, 6) is 1.97. The fraction of sp³-hybridized carbons (Fsp3) is 0.615. The largest absolute Gasteiger partial charge is 0.373 e. The highest BCUT2D eigenvalue weighted by atomic mass is 16.6. The molecule has 0 aliphatic heterocycles. The predicted octanol–water partition coefficient (Wildman–Crippen LogP) is 2.66. The number of aromatic nitrogens is 1. The number of pyridine rings is 1. The molecule has 0 unspecified atom stereocenters. The lowest BCUT2D eigenvalue weighted by molar-refractivity contribution is -0.384. The Labute approximate surface area is 113 Å². The maximum Gasteiger partial charge on any atom is 0.276 e. The van der Waals surface area contributed by atoms with Crippen molar-refractivity contribution in [1.29, 1.82) is 0 Å². The van der Waals surface area contributed by atoms with Crippen LogP contribution in [0.25, 0.3) is 0 Å². The van der Waals surface area contributed by atoms with E-state index in [1.54, 1.807) is 13.1 Å². The second-order valence-electron chi connectivity index (χ2n) is 4.97. The maximum absolute atomic E-state index is 11.0. The number of nitrogens with zero attached hydrogens (tertiary/aromatic N) is 3. The SMILES string of the molecule is CCCN(CC1CC1)c1cc([N+](=O)[O-])cc(NC)n1. The van der Waals surface area contributed by atoms with Gasteiger partial charge in [0.05, 0.1) is 17.1 Å². The molecule has 1 aromatic heterocycles. The molecule has 6 heteroatoms. The van der Waals surface area contributed by atoms with E-state index in [-0.39, 0.29) is 10.6 Å². The second-order valence-corrected chi connectivity index (χ2v) is 4.97. The van der Waals surface area contributed by atoms with Crippen LogP contribution in [-0.4, -0.2) is 30.0 Å². The first-order chi connectivity index (χ1) is 9.13. The highest BCUT2D eigenvalue weighted by Crippen LogP contribution is 2.32. The first kappa shape index (κ1) is 13.6. The van der Waals surface area contributed by atoms with Crippen LogP contribution in [0.1, 0.15) is 26.2 Å². The van der Waals surface area contributed by atoms with Gasteiger partial charge in [0.25, 0.3) is 5.69 Å². The lowest BCUT2D eigenvalue weighted by atomic mass is 10.3. The van der Waals surface area contributed by atoms with Crippen LogP contribution in [0.3, 0.4) is 0 Å². The summed E-state index contributed by atoms with van der Waals surface area (Å²) in [4.78, 5) is 17.2. The van der Waals surface area contributed by atoms with Gasteiger partial charge in [-0.3, -0.25) is 10.1 Å². The summed E-state index contributed by atoms with van der Waals surface area (Å²) in [5, 5.41) is 13.9. The van der Waals surface area contributed by atoms with Crippen molar-refractivity contribution in [2.24, 2.45) is 5.92 Å². The van der Waals surface area contributed by atoms with Crippen molar-refractivity contribution >= 4 is 17.3 Å². The molecule has 0 amide bonds. The van der Waals surface area contributed by atoms with Crippen molar-refractivity contribution in [3.05, 3.63) is 22.2 Å². The topological polar surface area (TPSA) is 71.3 Å². The monoisotopic (exact) mass is 264 g/mol. The Kier molecular flexibility index (Phi) is 4.19. The number of anilines is 2. The summed E-state index contributed by atoms with van der Waals surface area (Å²) >= 11 is 0. The van der Waals surface area contributed by atoms with E-state index < -0.39 is 0 Å². The van der Waals surface area contributed by atoms with Crippen LogP contribution in [0, 0.1) is 16.0 Å². The number of nitro groups is 1. The van der Waals surface area contributed by atoms with Gasteiger partial charge in [0.2, 0.25) is 0 Å². The Hall–Kier alpha value is -1.85. The fourth-order valence-electron chi connectivity index (χ4n) is 2.08. The Morgan fingerprint density at radius 3 is 2.79 bits per heavy atom. The molecule has 1 aromatic rings. The number of hydrogen-bond donors (Lipinski definition) is 1. The molecule has 0 bridgehead atoms. The third kappa shape index (κ3) is 3.56. The Balaban J connectivity index is 2.27. The summed E-state index contributed by atoms with van der Waals surface area (Å²) in [6, 6.07) is 3.03. The van der Waals surface area contributed by atoms with Gasteiger partial charge in [0.1, 0.15) is 11.6 Å². The molecule has 104 valence electrons. The molecule has 0 spiro atoms. The molecule has 0 aromatic carbocycles. The van der Waals surface area contributed by atoms with Gasteiger partial charge in [-0.25, -0.2) is 4.98 Å². The average Bonchev–Trinajstić information content (AvgIpc) is 3.21. The van der Waals surface area contributed by atoms with E-state index in [9.17, 15) is 10.1 Å². The van der Waals surface area contributed by atoms with Gasteiger partial charge in [0, 0.05) is 20.1 Å². The zero-order valence-corrected chi connectivity index (χ0v) is 11.4. The molecule has 1 heterocycles. The van der Waals surface area contributed by atoms with E-state index in [0.29, 0.717) is 11.6 Å². The summed E-state index contributed by atoms with van der Waals surface area (Å²) in [7, 11) is 1.72. The number of nitrogens with one attached hydrogen (secondary N) is 1. The molecule has 1 aliphatic rings. The predicted molar refractivity (Wildman–Crippen MR) is 75.7 cm³/mol. The van der Waals surface area contributed by atoms with Gasteiger partial charge >= 0.3 is 0 Å². The van der Waals surface area contributed by atoms with Crippen LogP contribution in [0.15, 0.2) is 12.1 Å². The lowest BCUT2D eigenvalue weighted by Gasteiger charge is -2.23. The van der Waals surface area contributed by atoms with Crippen molar-refractivity contribution in [3.8, 4) is 0 Å². The van der Waals surface area contributed by atoms with E-state index in [4.69, 9.17) is 0 Å². The fourth-order valence-corrected chi connectivity index (χ4v) is 2.08. The third-order valence-electron chi connectivity index (χ3n) is 3.26. The number of hydrogen-bond acceptors (Lipinski definition) is 5. The van der Waals surface area contributed by atoms with Crippen LogP contribution in [0.2, 0.25) is 0 Å². The molecular formula is C13H20N4O2. The molecule has 0 atom stereocenters. The molecule has 19 heavy (non-hydrogen) atoms. The van der Waals surface area contributed by atoms with Crippen molar-refractivity contribution in [3.63, 3.8) is 0 Å². The van der Waals surface area contributed by atoms with Crippen LogP contribution in [0.5, 0.6) is 0 Å². The van der Waals surface area contributed by atoms with Crippen molar-refractivity contribution in [2.45, 2.75) is 26.2 Å². The number of rotatable bonds is 7. The van der Waals surface area contributed by atoms with Crippen LogP contribution < -0.4 is 10.2 Å². The van der Waals surface area contributed by atoms with Gasteiger partial charge in [-0.2, -0.15) is 0 Å².